The molecule has 21 heavy (non-hydrogen) atoms. The van der Waals surface area contributed by atoms with Gasteiger partial charge in [0, 0.05) is 19.1 Å². The van der Waals surface area contributed by atoms with Crippen LogP contribution < -0.4 is 15.0 Å². The monoisotopic (exact) mass is 293 g/mol. The zero-order chi connectivity index (χ0) is 15.2. The van der Waals surface area contributed by atoms with Gasteiger partial charge in [-0.05, 0) is 32.1 Å². The fourth-order valence-corrected chi connectivity index (χ4v) is 2.16. The van der Waals surface area contributed by atoms with E-state index in [1.54, 1.807) is 0 Å². The van der Waals surface area contributed by atoms with Gasteiger partial charge in [-0.3, -0.25) is 0 Å². The summed E-state index contributed by atoms with van der Waals surface area (Å²) in [5, 5.41) is 3.23. The second kappa shape index (κ2) is 7.43. The summed E-state index contributed by atoms with van der Waals surface area (Å²) in [6, 6.07) is 0.985. The lowest BCUT2D eigenvalue weighted by Gasteiger charge is -2.24. The van der Waals surface area contributed by atoms with E-state index in [2.05, 4.69) is 45.9 Å². The highest BCUT2D eigenvalue weighted by Gasteiger charge is 2.32. The van der Waals surface area contributed by atoms with Crippen LogP contribution in [-0.2, 0) is 0 Å². The number of anilines is 2. The molecular formula is C15H27N5O. The van der Waals surface area contributed by atoms with Crippen LogP contribution in [0.4, 0.5) is 11.9 Å². The van der Waals surface area contributed by atoms with Crippen molar-refractivity contribution < 1.29 is 4.74 Å². The molecule has 1 heterocycles. The Bertz CT molecular complexity index is 448. The molecule has 1 aromatic heterocycles. The second-order valence-electron chi connectivity index (χ2n) is 5.88. The summed E-state index contributed by atoms with van der Waals surface area (Å²) < 4.78 is 5.49. The molecule has 0 amide bonds. The van der Waals surface area contributed by atoms with Gasteiger partial charge in [0.1, 0.15) is 0 Å². The fraction of sp³-hybridized carbons (Fsp3) is 0.800. The highest BCUT2D eigenvalue weighted by Crippen LogP contribution is 2.31. The standard InChI is InChI=1S/C15H27N5O/c1-5-9-16-13-17-14(19-15(18-13)21-6-2)20(10-11(3)4)12-7-8-12/h11-12H,5-10H2,1-4H3,(H,16,17,18,19). The topological polar surface area (TPSA) is 63.2 Å². The summed E-state index contributed by atoms with van der Waals surface area (Å²) in [5.74, 6) is 1.92. The summed E-state index contributed by atoms with van der Waals surface area (Å²) in [4.78, 5) is 15.7. The minimum atomic E-state index is 0.413. The van der Waals surface area contributed by atoms with Crippen LogP contribution in [0, 0.1) is 5.92 Å². The summed E-state index contributed by atoms with van der Waals surface area (Å²) in [7, 11) is 0. The Kier molecular flexibility index (Phi) is 5.59. The van der Waals surface area contributed by atoms with E-state index in [-0.39, 0.29) is 0 Å². The third-order valence-electron chi connectivity index (χ3n) is 3.22. The van der Waals surface area contributed by atoms with E-state index in [0.717, 1.165) is 25.5 Å². The van der Waals surface area contributed by atoms with Gasteiger partial charge in [-0.25, -0.2) is 0 Å². The molecule has 0 atom stereocenters. The van der Waals surface area contributed by atoms with Gasteiger partial charge in [0.2, 0.25) is 11.9 Å². The van der Waals surface area contributed by atoms with E-state index in [1.165, 1.54) is 12.8 Å². The molecule has 0 radical (unpaired) electrons. The van der Waals surface area contributed by atoms with Gasteiger partial charge >= 0.3 is 6.01 Å². The molecule has 118 valence electrons. The third-order valence-corrected chi connectivity index (χ3v) is 3.22. The van der Waals surface area contributed by atoms with Gasteiger partial charge in [0.05, 0.1) is 6.61 Å². The molecule has 1 saturated carbocycles. The Balaban J connectivity index is 2.23. The normalized spacial score (nSPS) is 14.3. The molecule has 1 aliphatic rings. The Labute approximate surface area is 127 Å². The van der Waals surface area contributed by atoms with Crippen LogP contribution >= 0.6 is 0 Å². The number of ether oxygens (including phenoxy) is 1. The third kappa shape index (κ3) is 4.72. The SMILES string of the molecule is CCCNc1nc(OCC)nc(N(CC(C)C)C2CC2)n1. The van der Waals surface area contributed by atoms with Crippen LogP contribution in [0.3, 0.4) is 0 Å². The Morgan fingerprint density at radius 2 is 2.00 bits per heavy atom. The maximum absolute atomic E-state index is 5.49. The second-order valence-corrected chi connectivity index (χ2v) is 5.88. The Hall–Kier alpha value is -1.59. The molecule has 0 saturated heterocycles. The van der Waals surface area contributed by atoms with Crippen molar-refractivity contribution in [3.63, 3.8) is 0 Å². The van der Waals surface area contributed by atoms with Crippen LogP contribution in [0.1, 0.15) is 47.0 Å². The zero-order valence-electron chi connectivity index (χ0n) is 13.6. The smallest absolute Gasteiger partial charge is 0.323 e. The molecule has 0 aliphatic heterocycles. The Morgan fingerprint density at radius 1 is 1.24 bits per heavy atom. The molecule has 1 fully saturated rings. The lowest BCUT2D eigenvalue weighted by molar-refractivity contribution is 0.311. The molecule has 0 bridgehead atoms. The largest absolute Gasteiger partial charge is 0.464 e. The summed E-state index contributed by atoms with van der Waals surface area (Å²) in [6.45, 7) is 10.9. The first-order chi connectivity index (χ1) is 10.1. The molecule has 1 aromatic rings. The van der Waals surface area contributed by atoms with E-state index >= 15 is 0 Å². The molecular weight excluding hydrogens is 266 g/mol. The maximum atomic E-state index is 5.49. The van der Waals surface area contributed by atoms with E-state index in [0.29, 0.717) is 30.5 Å². The summed E-state index contributed by atoms with van der Waals surface area (Å²) in [5.41, 5.74) is 0. The average Bonchev–Trinajstić information content (AvgIpc) is 3.27. The molecule has 1 N–H and O–H groups in total. The zero-order valence-corrected chi connectivity index (χ0v) is 13.6. The number of nitrogens with zero attached hydrogens (tertiary/aromatic N) is 4. The predicted octanol–water partition coefficient (Wildman–Crippen LogP) is 2.72. The minimum absolute atomic E-state index is 0.413. The maximum Gasteiger partial charge on any atom is 0.323 e. The average molecular weight is 293 g/mol. The van der Waals surface area contributed by atoms with Crippen molar-refractivity contribution in [2.45, 2.75) is 53.0 Å². The van der Waals surface area contributed by atoms with E-state index in [9.17, 15) is 0 Å². The van der Waals surface area contributed by atoms with Crippen LogP contribution in [-0.4, -0.2) is 40.7 Å². The van der Waals surface area contributed by atoms with Gasteiger partial charge in [0.15, 0.2) is 0 Å². The highest BCUT2D eigenvalue weighted by molar-refractivity contribution is 5.40. The quantitative estimate of drug-likeness (QED) is 0.755. The molecule has 0 unspecified atom stereocenters. The lowest BCUT2D eigenvalue weighted by Crippen LogP contribution is -2.32. The fourth-order valence-electron chi connectivity index (χ4n) is 2.16. The molecule has 2 rings (SSSR count). The first kappa shape index (κ1) is 15.8. The number of hydrogen-bond acceptors (Lipinski definition) is 6. The van der Waals surface area contributed by atoms with Crippen LogP contribution in [0.25, 0.3) is 0 Å². The van der Waals surface area contributed by atoms with Crippen molar-refractivity contribution in [1.82, 2.24) is 15.0 Å². The minimum Gasteiger partial charge on any atom is -0.464 e. The van der Waals surface area contributed by atoms with E-state index in [4.69, 9.17) is 4.74 Å². The lowest BCUT2D eigenvalue weighted by atomic mass is 10.2. The number of hydrogen-bond donors (Lipinski definition) is 1. The van der Waals surface area contributed by atoms with Gasteiger partial charge in [-0.2, -0.15) is 15.0 Å². The van der Waals surface area contributed by atoms with Crippen LogP contribution in [0.2, 0.25) is 0 Å². The number of nitrogens with one attached hydrogen (secondary N) is 1. The first-order valence-electron chi connectivity index (χ1n) is 8.03. The number of aromatic nitrogens is 3. The van der Waals surface area contributed by atoms with Gasteiger partial charge < -0.3 is 15.0 Å². The van der Waals surface area contributed by atoms with Crippen molar-refractivity contribution in [1.29, 1.82) is 0 Å². The Morgan fingerprint density at radius 3 is 2.57 bits per heavy atom. The molecule has 1 aliphatic carbocycles. The highest BCUT2D eigenvalue weighted by atomic mass is 16.5. The van der Waals surface area contributed by atoms with Gasteiger partial charge in [-0.1, -0.05) is 20.8 Å². The van der Waals surface area contributed by atoms with Crippen molar-refractivity contribution in [3.05, 3.63) is 0 Å². The van der Waals surface area contributed by atoms with Crippen molar-refractivity contribution >= 4 is 11.9 Å². The molecule has 0 spiro atoms. The predicted molar refractivity (Wildman–Crippen MR) is 85.0 cm³/mol. The first-order valence-corrected chi connectivity index (χ1v) is 8.03. The number of rotatable bonds is 9. The van der Waals surface area contributed by atoms with Crippen molar-refractivity contribution in [2.24, 2.45) is 5.92 Å². The molecule has 6 heteroatoms. The molecule has 0 aromatic carbocycles. The van der Waals surface area contributed by atoms with Gasteiger partial charge in [-0.15, -0.1) is 0 Å². The van der Waals surface area contributed by atoms with Gasteiger partial charge in [0.25, 0.3) is 0 Å². The van der Waals surface area contributed by atoms with Crippen LogP contribution in [0.5, 0.6) is 6.01 Å². The van der Waals surface area contributed by atoms with Crippen molar-refractivity contribution in [3.8, 4) is 6.01 Å². The van der Waals surface area contributed by atoms with E-state index in [1.807, 2.05) is 6.92 Å². The van der Waals surface area contributed by atoms with Crippen LogP contribution in [0.15, 0.2) is 0 Å². The summed E-state index contributed by atoms with van der Waals surface area (Å²) in [6.07, 6.45) is 3.48. The molecule has 6 nitrogen and oxygen atoms in total. The van der Waals surface area contributed by atoms with E-state index < -0.39 is 0 Å². The van der Waals surface area contributed by atoms with Crippen molar-refractivity contribution in [2.75, 3.05) is 29.9 Å². The summed E-state index contributed by atoms with van der Waals surface area (Å²) >= 11 is 0.